The van der Waals surface area contributed by atoms with Crippen molar-refractivity contribution in [1.82, 2.24) is 19.6 Å². The van der Waals surface area contributed by atoms with Crippen molar-refractivity contribution < 1.29 is 37.1 Å². The molecular weight excluding hydrogens is 925 g/mol. The number of anilines is 4. The second-order valence-electron chi connectivity index (χ2n) is 21.7. The highest BCUT2D eigenvalue weighted by Crippen LogP contribution is 2.55. The van der Waals surface area contributed by atoms with Gasteiger partial charge in [0.15, 0.2) is 11.4 Å². The fourth-order valence-electron chi connectivity index (χ4n) is 13.0. The van der Waals surface area contributed by atoms with Crippen molar-refractivity contribution in [3.05, 3.63) is 99.7 Å². The molecule has 0 unspecified atom stereocenters. The molecule has 12 rings (SSSR count). The lowest BCUT2D eigenvalue weighted by molar-refractivity contribution is -0.384. The predicted octanol–water partition coefficient (Wildman–Crippen LogP) is 8.59. The molecule has 3 saturated heterocycles. The average Bonchev–Trinajstić information content (AvgIpc) is 4.13. The number of nitrogens with zero attached hydrogens (tertiary/aromatic N) is 5. The van der Waals surface area contributed by atoms with Crippen LogP contribution in [0.15, 0.2) is 77.8 Å². The van der Waals surface area contributed by atoms with Crippen molar-refractivity contribution in [2.24, 2.45) is 11.3 Å². The maximum atomic E-state index is 14.7. The van der Waals surface area contributed by atoms with Crippen LogP contribution in [-0.4, -0.2) is 111 Å². The number of H-pyrrole nitrogens is 1. The van der Waals surface area contributed by atoms with E-state index in [0.29, 0.717) is 54.1 Å². The molecule has 18 heteroatoms. The smallest absolute Gasteiger partial charge is 0.297 e. The molecule has 7 heterocycles. The Morgan fingerprint density at radius 2 is 1.80 bits per heavy atom. The summed E-state index contributed by atoms with van der Waals surface area (Å²) in [5.41, 5.74) is 5.30. The molecular formula is C53H62N8O9S. The molecule has 71 heavy (non-hydrogen) atoms. The molecule has 1 spiro atoms. The van der Waals surface area contributed by atoms with Crippen LogP contribution in [0.2, 0.25) is 0 Å². The summed E-state index contributed by atoms with van der Waals surface area (Å²) >= 11 is 0. The second kappa shape index (κ2) is 17.4. The first kappa shape index (κ1) is 46.1. The van der Waals surface area contributed by atoms with Crippen molar-refractivity contribution in [2.75, 3.05) is 61.7 Å². The number of amides is 1. The molecule has 5 aliphatic heterocycles. The fraction of sp³-hybridized carbons (Fsp3) is 0.509. The number of benzene rings is 3. The van der Waals surface area contributed by atoms with Crippen molar-refractivity contribution in [3.63, 3.8) is 0 Å². The van der Waals surface area contributed by atoms with Gasteiger partial charge in [-0.15, -0.1) is 0 Å². The van der Waals surface area contributed by atoms with Crippen molar-refractivity contribution in [3.8, 4) is 11.6 Å². The summed E-state index contributed by atoms with van der Waals surface area (Å²) in [7, 11) is -2.97. The predicted molar refractivity (Wildman–Crippen MR) is 269 cm³/mol. The maximum absolute atomic E-state index is 14.7. The fourth-order valence-corrected chi connectivity index (χ4v) is 14.0. The van der Waals surface area contributed by atoms with Gasteiger partial charge in [-0.3, -0.25) is 19.8 Å². The van der Waals surface area contributed by atoms with Gasteiger partial charge in [0.25, 0.3) is 21.6 Å². The van der Waals surface area contributed by atoms with Gasteiger partial charge in [0.1, 0.15) is 24.0 Å². The van der Waals surface area contributed by atoms with Gasteiger partial charge in [-0.05, 0) is 118 Å². The number of hydrogen-bond donors (Lipinski definition) is 3. The van der Waals surface area contributed by atoms with Gasteiger partial charge >= 0.3 is 0 Å². The SMILES string of the molecule is COC1(C)CCC([C@@H]2COc3cc(S(=O)(=O)NC(=O)c4ccc(N5CC6(CC(N7CCC[C@H]7c7ccccc7C(C)C)C6)C5)cc4N4c5cc6cc[nH]c6nc5O[C@@H]5COC[C@H]54)cc([N+](=O)[O-])c3N2)CC1. The number of fused-ring (bicyclic) bond motifs is 4. The number of aromatic amines is 1. The Balaban J connectivity index is 0.828. The zero-order chi connectivity index (χ0) is 49.0. The van der Waals surface area contributed by atoms with Crippen LogP contribution in [0.5, 0.6) is 11.6 Å². The van der Waals surface area contributed by atoms with E-state index in [1.807, 2.05) is 29.2 Å². The molecule has 2 aliphatic carbocycles. The van der Waals surface area contributed by atoms with Crippen molar-refractivity contribution in [2.45, 2.75) is 119 Å². The minimum atomic E-state index is -4.69. The molecule has 3 N–H and O–H groups in total. The number of nitrogens with one attached hydrogen (secondary N) is 3. The summed E-state index contributed by atoms with van der Waals surface area (Å²) in [4.78, 5) is 41.4. The number of hydrogen-bond acceptors (Lipinski definition) is 14. The van der Waals surface area contributed by atoms with Crippen LogP contribution in [0, 0.1) is 21.4 Å². The molecule has 7 aliphatic rings. The summed E-state index contributed by atoms with van der Waals surface area (Å²) in [6, 6.07) is 21.0. The highest BCUT2D eigenvalue weighted by Gasteiger charge is 2.55. The van der Waals surface area contributed by atoms with Gasteiger partial charge in [-0.1, -0.05) is 38.1 Å². The minimum absolute atomic E-state index is 0.0356. The first-order valence-electron chi connectivity index (χ1n) is 25.3. The van der Waals surface area contributed by atoms with E-state index in [9.17, 15) is 23.3 Å². The van der Waals surface area contributed by atoms with E-state index in [2.05, 4.69) is 69.9 Å². The van der Waals surface area contributed by atoms with Crippen LogP contribution in [0.1, 0.15) is 106 Å². The summed E-state index contributed by atoms with van der Waals surface area (Å²) in [6.07, 6.45) is 9.41. The number of sulfonamides is 1. The number of rotatable bonds is 11. The van der Waals surface area contributed by atoms with Crippen LogP contribution in [0.4, 0.5) is 28.4 Å². The number of nitro groups is 1. The Kier molecular flexibility index (Phi) is 11.3. The van der Waals surface area contributed by atoms with Gasteiger partial charge in [0.05, 0.1) is 52.0 Å². The van der Waals surface area contributed by atoms with Crippen molar-refractivity contribution in [1.29, 1.82) is 0 Å². The summed E-state index contributed by atoms with van der Waals surface area (Å²) in [6.45, 7) is 10.3. The molecule has 4 atom stereocenters. The number of likely N-dealkylation sites (tertiary alicyclic amines) is 1. The van der Waals surface area contributed by atoms with E-state index in [1.54, 1.807) is 19.4 Å². The van der Waals surface area contributed by atoms with Crippen LogP contribution in [0.25, 0.3) is 11.0 Å². The zero-order valence-corrected chi connectivity index (χ0v) is 41.5. The molecule has 5 aromatic rings. The molecule has 2 aromatic heterocycles. The largest absolute Gasteiger partial charge is 0.489 e. The van der Waals surface area contributed by atoms with E-state index >= 15 is 0 Å². The Labute approximate surface area is 413 Å². The first-order valence-corrected chi connectivity index (χ1v) is 26.8. The lowest BCUT2D eigenvalue weighted by atomic mass is 9.60. The Hall–Kier alpha value is -5.95. The number of nitro benzene ring substituents is 1. The number of ether oxygens (including phenoxy) is 4. The number of pyridine rings is 1. The third kappa shape index (κ3) is 8.05. The number of methoxy groups -OCH3 is 1. The van der Waals surface area contributed by atoms with E-state index in [-0.39, 0.29) is 52.6 Å². The lowest BCUT2D eigenvalue weighted by Gasteiger charge is -2.62. The van der Waals surface area contributed by atoms with E-state index < -0.39 is 37.5 Å². The Morgan fingerprint density at radius 1 is 1.00 bits per heavy atom. The monoisotopic (exact) mass is 986 g/mol. The molecule has 374 valence electrons. The minimum Gasteiger partial charge on any atom is -0.489 e. The zero-order valence-electron chi connectivity index (χ0n) is 40.7. The second-order valence-corrected chi connectivity index (χ2v) is 23.4. The molecule has 1 amide bonds. The third-order valence-corrected chi connectivity index (χ3v) is 18.3. The third-order valence-electron chi connectivity index (χ3n) is 17.0. The number of aromatic nitrogens is 2. The van der Waals surface area contributed by atoms with Crippen LogP contribution in [-0.2, 0) is 19.5 Å². The summed E-state index contributed by atoms with van der Waals surface area (Å²) in [5.74, 6) is 0.158. The van der Waals surface area contributed by atoms with E-state index in [1.165, 1.54) is 30.0 Å². The molecule has 17 nitrogen and oxygen atoms in total. The quantitative estimate of drug-likeness (QED) is 0.0841. The van der Waals surface area contributed by atoms with Gasteiger partial charge < -0.3 is 39.0 Å². The van der Waals surface area contributed by atoms with E-state index in [4.69, 9.17) is 23.9 Å². The Bertz CT molecular complexity index is 3030. The van der Waals surface area contributed by atoms with Gasteiger partial charge in [-0.25, -0.2) is 13.1 Å². The van der Waals surface area contributed by atoms with Crippen LogP contribution in [0.3, 0.4) is 0 Å². The molecule has 0 radical (unpaired) electrons. The maximum Gasteiger partial charge on any atom is 0.297 e. The van der Waals surface area contributed by atoms with Gasteiger partial charge in [0.2, 0.25) is 5.88 Å². The topological polar surface area (TPSA) is 194 Å². The molecule has 2 saturated carbocycles. The van der Waals surface area contributed by atoms with Gasteiger partial charge in [-0.2, -0.15) is 4.98 Å². The normalized spacial score (nSPS) is 27.0. The molecule has 0 bridgehead atoms. The van der Waals surface area contributed by atoms with Crippen LogP contribution < -0.4 is 29.3 Å². The Morgan fingerprint density at radius 3 is 2.58 bits per heavy atom. The average molecular weight is 987 g/mol. The molecule has 5 fully saturated rings. The first-order chi connectivity index (χ1) is 34.2. The lowest BCUT2D eigenvalue weighted by Crippen LogP contribution is -2.66. The van der Waals surface area contributed by atoms with Crippen molar-refractivity contribution >= 4 is 55.4 Å². The highest BCUT2D eigenvalue weighted by molar-refractivity contribution is 7.90. The van der Waals surface area contributed by atoms with E-state index in [0.717, 1.165) is 75.3 Å². The van der Waals surface area contributed by atoms with Crippen LogP contribution >= 0.6 is 0 Å². The number of carbonyl (C=O) groups excluding carboxylic acids is 1. The highest BCUT2D eigenvalue weighted by atomic mass is 32.2. The van der Waals surface area contributed by atoms with Gasteiger partial charge in [0, 0.05) is 67.1 Å². The summed E-state index contributed by atoms with van der Waals surface area (Å²) < 4.78 is 55.2. The standard InChI is InChI=1S/C53H62N8O9S/c1-31(2)37-8-5-6-9-38(37)41-10-7-19-59(41)35-24-53(25-35)29-58(30-53)34-11-12-39(42(21-34)60-44-20-33-15-18-54-49(33)56-51(44)70-47-28-68-27-45(47)60)50(62)57-71(65,66)36-22-43(61(63)64)48-46(23-36)69-26-40(55-48)32-13-16-52(3,67-4)17-14-32/h5-6,8-9,11-12,15,18,20-23,31-32,35,40-41,45,47,55H,7,10,13-14,16-17,19,24-30H2,1-4H3,(H,54,56)(H,57,62)/t32?,40-,41-,45+,47+,52?/m0/s1. The summed E-state index contributed by atoms with van der Waals surface area (Å²) in [5, 5.41) is 16.8. The molecule has 3 aromatic carbocycles. The number of carbonyl (C=O) groups is 1.